The SMILES string of the molecule is CC(C)(C)Cc1nc2cc(NC(=O)[C@@H]3CC[C@H](CN)O3)ccc2o1. The molecule has 1 amide bonds. The van der Waals surface area contributed by atoms with E-state index in [9.17, 15) is 4.79 Å². The third-order valence-electron chi connectivity index (χ3n) is 4.04. The molecule has 0 spiro atoms. The number of amides is 1. The smallest absolute Gasteiger partial charge is 0.253 e. The summed E-state index contributed by atoms with van der Waals surface area (Å²) in [4.78, 5) is 16.8. The van der Waals surface area contributed by atoms with Gasteiger partial charge in [-0.05, 0) is 36.5 Å². The Balaban J connectivity index is 1.70. The molecule has 2 heterocycles. The van der Waals surface area contributed by atoms with Gasteiger partial charge in [-0.15, -0.1) is 0 Å². The normalized spacial score (nSPS) is 21.3. The van der Waals surface area contributed by atoms with Gasteiger partial charge < -0.3 is 20.2 Å². The fourth-order valence-corrected chi connectivity index (χ4v) is 2.88. The predicted molar refractivity (Wildman–Crippen MR) is 92.7 cm³/mol. The number of carbonyl (C=O) groups excluding carboxylic acids is 1. The van der Waals surface area contributed by atoms with Crippen molar-refractivity contribution in [3.63, 3.8) is 0 Å². The number of carbonyl (C=O) groups is 1. The molecule has 1 fully saturated rings. The number of hydrogen-bond acceptors (Lipinski definition) is 5. The maximum absolute atomic E-state index is 12.3. The molecule has 2 atom stereocenters. The molecule has 0 aliphatic carbocycles. The Morgan fingerprint density at radius 2 is 2.17 bits per heavy atom. The first-order valence-electron chi connectivity index (χ1n) is 8.40. The van der Waals surface area contributed by atoms with E-state index in [1.807, 2.05) is 18.2 Å². The number of anilines is 1. The van der Waals surface area contributed by atoms with Gasteiger partial charge in [0.1, 0.15) is 11.6 Å². The topological polar surface area (TPSA) is 90.4 Å². The number of oxazole rings is 1. The zero-order valence-electron chi connectivity index (χ0n) is 14.5. The summed E-state index contributed by atoms with van der Waals surface area (Å²) in [6.07, 6.45) is 1.85. The van der Waals surface area contributed by atoms with Crippen molar-refractivity contribution in [1.82, 2.24) is 4.98 Å². The molecule has 3 rings (SSSR count). The van der Waals surface area contributed by atoms with Gasteiger partial charge in [0.25, 0.3) is 5.91 Å². The number of fused-ring (bicyclic) bond motifs is 1. The molecule has 1 aromatic carbocycles. The van der Waals surface area contributed by atoms with Crippen molar-refractivity contribution in [3.8, 4) is 0 Å². The van der Waals surface area contributed by atoms with Crippen molar-refractivity contribution in [2.75, 3.05) is 11.9 Å². The number of aromatic nitrogens is 1. The summed E-state index contributed by atoms with van der Waals surface area (Å²) in [6.45, 7) is 6.88. The number of benzene rings is 1. The minimum absolute atomic E-state index is 0.0151. The summed E-state index contributed by atoms with van der Waals surface area (Å²) in [5.74, 6) is 0.578. The van der Waals surface area contributed by atoms with Crippen molar-refractivity contribution in [3.05, 3.63) is 24.1 Å². The lowest BCUT2D eigenvalue weighted by atomic mass is 9.92. The van der Waals surface area contributed by atoms with Gasteiger partial charge in [-0.1, -0.05) is 20.8 Å². The van der Waals surface area contributed by atoms with Crippen LogP contribution in [0, 0.1) is 5.41 Å². The van der Waals surface area contributed by atoms with E-state index in [1.165, 1.54) is 0 Å². The lowest BCUT2D eigenvalue weighted by Crippen LogP contribution is -2.29. The van der Waals surface area contributed by atoms with Crippen LogP contribution >= 0.6 is 0 Å². The molecule has 6 nitrogen and oxygen atoms in total. The Kier molecular flexibility index (Phi) is 4.60. The first kappa shape index (κ1) is 16.9. The summed E-state index contributed by atoms with van der Waals surface area (Å²) in [7, 11) is 0. The second-order valence-electron chi connectivity index (χ2n) is 7.58. The molecular weight excluding hydrogens is 306 g/mol. The van der Waals surface area contributed by atoms with E-state index >= 15 is 0 Å². The highest BCUT2D eigenvalue weighted by atomic mass is 16.5. The molecule has 1 aliphatic rings. The Morgan fingerprint density at radius 1 is 1.38 bits per heavy atom. The molecule has 130 valence electrons. The summed E-state index contributed by atoms with van der Waals surface area (Å²) >= 11 is 0. The van der Waals surface area contributed by atoms with Gasteiger partial charge in [-0.3, -0.25) is 4.79 Å². The maximum atomic E-state index is 12.3. The van der Waals surface area contributed by atoms with E-state index < -0.39 is 6.10 Å². The van der Waals surface area contributed by atoms with Gasteiger partial charge >= 0.3 is 0 Å². The predicted octanol–water partition coefficient (Wildman–Crippen LogP) is 2.86. The van der Waals surface area contributed by atoms with Crippen LogP contribution in [-0.2, 0) is 16.0 Å². The van der Waals surface area contributed by atoms with E-state index in [-0.39, 0.29) is 17.4 Å². The number of ether oxygens (including phenoxy) is 1. The van der Waals surface area contributed by atoms with Crippen molar-refractivity contribution >= 4 is 22.7 Å². The number of rotatable bonds is 4. The lowest BCUT2D eigenvalue weighted by Gasteiger charge is -2.14. The molecule has 1 aliphatic heterocycles. The Bertz CT molecular complexity index is 733. The molecule has 6 heteroatoms. The molecule has 0 radical (unpaired) electrons. The third kappa shape index (κ3) is 3.94. The average molecular weight is 331 g/mol. The second kappa shape index (κ2) is 6.53. The molecular formula is C18H25N3O3. The van der Waals surface area contributed by atoms with Gasteiger partial charge in [0.2, 0.25) is 0 Å². The standard InChI is InChI=1S/C18H25N3O3/c1-18(2,3)9-16-21-13-8-11(4-6-14(13)24-16)20-17(22)15-7-5-12(10-19)23-15/h4,6,8,12,15H,5,7,9-10,19H2,1-3H3,(H,20,22)/t12-,15+/m1/s1. The van der Waals surface area contributed by atoms with Crippen LogP contribution in [0.5, 0.6) is 0 Å². The highest BCUT2D eigenvalue weighted by molar-refractivity contribution is 5.95. The summed E-state index contributed by atoms with van der Waals surface area (Å²) in [6, 6.07) is 5.49. The van der Waals surface area contributed by atoms with Crippen LogP contribution in [-0.4, -0.2) is 29.6 Å². The lowest BCUT2D eigenvalue weighted by molar-refractivity contribution is -0.126. The van der Waals surface area contributed by atoms with E-state index in [2.05, 4.69) is 31.1 Å². The van der Waals surface area contributed by atoms with E-state index in [0.717, 1.165) is 23.9 Å². The van der Waals surface area contributed by atoms with E-state index in [0.29, 0.717) is 24.5 Å². The molecule has 0 bridgehead atoms. The Morgan fingerprint density at radius 3 is 2.83 bits per heavy atom. The summed E-state index contributed by atoms with van der Waals surface area (Å²) in [5, 5.41) is 2.89. The first-order chi connectivity index (χ1) is 11.3. The van der Waals surface area contributed by atoms with Crippen LogP contribution in [0.15, 0.2) is 22.6 Å². The average Bonchev–Trinajstić information content (AvgIpc) is 3.10. The van der Waals surface area contributed by atoms with Crippen LogP contribution < -0.4 is 11.1 Å². The van der Waals surface area contributed by atoms with Crippen LogP contribution in [0.3, 0.4) is 0 Å². The fourth-order valence-electron chi connectivity index (χ4n) is 2.88. The molecule has 2 aromatic rings. The minimum atomic E-state index is -0.428. The largest absolute Gasteiger partial charge is 0.441 e. The number of nitrogens with two attached hydrogens (primary N) is 1. The van der Waals surface area contributed by atoms with Gasteiger partial charge in [0.05, 0.1) is 6.10 Å². The number of nitrogens with zero attached hydrogens (tertiary/aromatic N) is 1. The number of hydrogen-bond donors (Lipinski definition) is 2. The maximum Gasteiger partial charge on any atom is 0.253 e. The van der Waals surface area contributed by atoms with E-state index in [4.69, 9.17) is 14.9 Å². The molecule has 1 aromatic heterocycles. The fraction of sp³-hybridized carbons (Fsp3) is 0.556. The van der Waals surface area contributed by atoms with Crippen molar-refractivity contribution in [2.24, 2.45) is 11.1 Å². The van der Waals surface area contributed by atoms with Gasteiger partial charge in [0.15, 0.2) is 11.5 Å². The molecule has 3 N–H and O–H groups in total. The van der Waals surface area contributed by atoms with Crippen LogP contribution in [0.25, 0.3) is 11.1 Å². The van der Waals surface area contributed by atoms with Crippen LogP contribution in [0.2, 0.25) is 0 Å². The van der Waals surface area contributed by atoms with Crippen molar-refractivity contribution in [2.45, 2.75) is 52.2 Å². The number of nitrogens with one attached hydrogen (secondary N) is 1. The molecule has 24 heavy (non-hydrogen) atoms. The van der Waals surface area contributed by atoms with E-state index in [1.54, 1.807) is 0 Å². The quantitative estimate of drug-likeness (QED) is 0.899. The Hall–Kier alpha value is -1.92. The monoisotopic (exact) mass is 331 g/mol. The zero-order valence-corrected chi connectivity index (χ0v) is 14.5. The summed E-state index contributed by atoms with van der Waals surface area (Å²) < 4.78 is 11.4. The van der Waals surface area contributed by atoms with Crippen LogP contribution in [0.1, 0.15) is 39.5 Å². The minimum Gasteiger partial charge on any atom is -0.441 e. The highest BCUT2D eigenvalue weighted by Crippen LogP contribution is 2.26. The Labute approximate surface area is 141 Å². The second-order valence-corrected chi connectivity index (χ2v) is 7.58. The van der Waals surface area contributed by atoms with Crippen molar-refractivity contribution in [1.29, 1.82) is 0 Å². The highest BCUT2D eigenvalue weighted by Gasteiger charge is 2.29. The first-order valence-corrected chi connectivity index (χ1v) is 8.40. The van der Waals surface area contributed by atoms with Crippen LogP contribution in [0.4, 0.5) is 5.69 Å². The molecule has 0 unspecified atom stereocenters. The molecule has 0 saturated carbocycles. The summed E-state index contributed by atoms with van der Waals surface area (Å²) in [5.41, 5.74) is 7.87. The van der Waals surface area contributed by atoms with Gasteiger partial charge in [-0.25, -0.2) is 4.98 Å². The molecule has 1 saturated heterocycles. The van der Waals surface area contributed by atoms with Gasteiger partial charge in [0, 0.05) is 18.7 Å². The zero-order chi connectivity index (χ0) is 17.3. The third-order valence-corrected chi connectivity index (χ3v) is 4.04. The van der Waals surface area contributed by atoms with Crippen molar-refractivity contribution < 1.29 is 13.9 Å². The van der Waals surface area contributed by atoms with Gasteiger partial charge in [-0.2, -0.15) is 0 Å².